The molecule has 0 radical (unpaired) electrons. The summed E-state index contributed by atoms with van der Waals surface area (Å²) in [7, 11) is 0. The molecule has 1 heterocycles. The van der Waals surface area contributed by atoms with Crippen LogP contribution in [0.25, 0.3) is 0 Å². The summed E-state index contributed by atoms with van der Waals surface area (Å²) in [5.41, 5.74) is -0.115. The van der Waals surface area contributed by atoms with Crippen LogP contribution in [0.3, 0.4) is 0 Å². The summed E-state index contributed by atoms with van der Waals surface area (Å²) in [6.07, 6.45) is 34.2. The summed E-state index contributed by atoms with van der Waals surface area (Å²) in [6, 6.07) is 0. The largest absolute Gasteiger partial charge is 0.465 e. The Hall–Kier alpha value is -1.06. The molecular formula is C45H86O4. The van der Waals surface area contributed by atoms with E-state index >= 15 is 0 Å². The van der Waals surface area contributed by atoms with Gasteiger partial charge in [0.15, 0.2) is 0 Å². The van der Waals surface area contributed by atoms with Gasteiger partial charge in [0.1, 0.15) is 6.10 Å². The summed E-state index contributed by atoms with van der Waals surface area (Å²) >= 11 is 0. The van der Waals surface area contributed by atoms with Crippen LogP contribution in [0, 0.1) is 29.1 Å². The molecule has 6 atom stereocenters. The van der Waals surface area contributed by atoms with Crippen molar-refractivity contribution in [2.75, 3.05) is 6.61 Å². The first-order chi connectivity index (χ1) is 23.9. The lowest BCUT2D eigenvalue weighted by atomic mass is 9.57. The zero-order valence-electron chi connectivity index (χ0n) is 34.2. The topological polar surface area (TPSA) is 52.6 Å². The SMILES string of the molecule is CCCCCCCCCCCCCCC1(C(CCCC(=O)OCC(CC)CCCC)C(CC)CCCC)CC(=O)OC1C(CC)CCCC. The lowest BCUT2D eigenvalue weighted by Crippen LogP contribution is -2.45. The molecule has 4 nitrogen and oxygen atoms in total. The van der Waals surface area contributed by atoms with Crippen LogP contribution < -0.4 is 0 Å². The molecular weight excluding hydrogens is 604 g/mol. The van der Waals surface area contributed by atoms with Gasteiger partial charge in [0.25, 0.3) is 0 Å². The van der Waals surface area contributed by atoms with Crippen LogP contribution in [0.4, 0.5) is 0 Å². The Morgan fingerprint density at radius 3 is 1.76 bits per heavy atom. The summed E-state index contributed by atoms with van der Waals surface area (Å²) < 4.78 is 12.3. The van der Waals surface area contributed by atoms with E-state index < -0.39 is 0 Å². The number of carbonyl (C=O) groups excluding carboxylic acids is 2. The van der Waals surface area contributed by atoms with Crippen molar-refractivity contribution in [2.24, 2.45) is 29.1 Å². The van der Waals surface area contributed by atoms with E-state index in [0.717, 1.165) is 51.4 Å². The molecule has 1 aliphatic rings. The minimum Gasteiger partial charge on any atom is -0.465 e. The van der Waals surface area contributed by atoms with Gasteiger partial charge in [-0.2, -0.15) is 0 Å². The van der Waals surface area contributed by atoms with Crippen LogP contribution in [0.2, 0.25) is 0 Å². The summed E-state index contributed by atoms with van der Waals surface area (Å²) in [5, 5.41) is 0. The maximum Gasteiger partial charge on any atom is 0.306 e. The fraction of sp³-hybridized carbons (Fsp3) is 0.956. The first-order valence-electron chi connectivity index (χ1n) is 22.2. The molecule has 0 aromatic carbocycles. The van der Waals surface area contributed by atoms with Crippen molar-refractivity contribution in [3.63, 3.8) is 0 Å². The highest BCUT2D eigenvalue weighted by atomic mass is 16.6. The number of hydrogen-bond donors (Lipinski definition) is 0. The second-order valence-electron chi connectivity index (χ2n) is 16.2. The van der Waals surface area contributed by atoms with Gasteiger partial charge in [-0.15, -0.1) is 0 Å². The molecule has 0 spiro atoms. The third-order valence-corrected chi connectivity index (χ3v) is 12.4. The van der Waals surface area contributed by atoms with Crippen molar-refractivity contribution < 1.29 is 19.1 Å². The van der Waals surface area contributed by atoms with Crippen molar-refractivity contribution in [3.05, 3.63) is 0 Å². The van der Waals surface area contributed by atoms with Crippen LogP contribution in [0.1, 0.15) is 235 Å². The minimum atomic E-state index is -0.115. The van der Waals surface area contributed by atoms with Gasteiger partial charge in [0, 0.05) is 11.8 Å². The highest BCUT2D eigenvalue weighted by Gasteiger charge is 2.56. The van der Waals surface area contributed by atoms with Gasteiger partial charge in [-0.3, -0.25) is 9.59 Å². The lowest BCUT2D eigenvalue weighted by Gasteiger charge is -2.46. The van der Waals surface area contributed by atoms with Crippen LogP contribution in [0.5, 0.6) is 0 Å². The molecule has 290 valence electrons. The summed E-state index contributed by atoms with van der Waals surface area (Å²) in [6.45, 7) is 16.5. The van der Waals surface area contributed by atoms with Crippen LogP contribution >= 0.6 is 0 Å². The van der Waals surface area contributed by atoms with Gasteiger partial charge in [-0.05, 0) is 62.2 Å². The van der Waals surface area contributed by atoms with Gasteiger partial charge in [0.2, 0.25) is 0 Å². The predicted molar refractivity (Wildman–Crippen MR) is 211 cm³/mol. The number of carbonyl (C=O) groups is 2. The first-order valence-corrected chi connectivity index (χ1v) is 22.2. The maximum atomic E-state index is 13.4. The quantitative estimate of drug-likeness (QED) is 0.0498. The Bertz CT molecular complexity index is 795. The lowest BCUT2D eigenvalue weighted by molar-refractivity contribution is -0.145. The molecule has 1 rings (SSSR count). The molecule has 1 fully saturated rings. The normalized spacial score (nSPS) is 20.2. The number of esters is 2. The number of cyclic esters (lactones) is 1. The van der Waals surface area contributed by atoms with Gasteiger partial charge in [-0.1, -0.05) is 183 Å². The van der Waals surface area contributed by atoms with E-state index in [1.165, 1.54) is 122 Å². The van der Waals surface area contributed by atoms with Crippen molar-refractivity contribution in [1.82, 2.24) is 0 Å². The van der Waals surface area contributed by atoms with E-state index in [1.807, 2.05) is 0 Å². The Kier molecular flexibility index (Phi) is 27.7. The summed E-state index contributed by atoms with van der Waals surface area (Å²) in [5.74, 6) is 1.87. The molecule has 0 N–H and O–H groups in total. The minimum absolute atomic E-state index is 0.0146. The zero-order valence-corrected chi connectivity index (χ0v) is 34.2. The van der Waals surface area contributed by atoms with Crippen molar-refractivity contribution in [2.45, 2.75) is 241 Å². The standard InChI is InChI=1S/C45H86O4/c1-8-15-19-20-21-22-23-24-25-26-27-28-35-45(36-43(47)49-44(45)40(14-7)32-18-11-4)41(39(13-6)31-17-10-3)33-29-34-42(46)48-37-38(12-5)30-16-9-2/h38-41,44H,8-37H2,1-7H3. The Labute approximate surface area is 306 Å². The molecule has 1 saturated heterocycles. The molecule has 0 aromatic heterocycles. The van der Waals surface area contributed by atoms with Crippen LogP contribution in [0.15, 0.2) is 0 Å². The molecule has 0 aromatic rings. The summed E-state index contributed by atoms with van der Waals surface area (Å²) in [4.78, 5) is 26.5. The van der Waals surface area contributed by atoms with E-state index in [-0.39, 0.29) is 23.5 Å². The third kappa shape index (κ3) is 18.3. The highest BCUT2D eigenvalue weighted by Crippen LogP contribution is 2.55. The van der Waals surface area contributed by atoms with Gasteiger partial charge < -0.3 is 9.47 Å². The van der Waals surface area contributed by atoms with Crippen LogP contribution in [-0.4, -0.2) is 24.6 Å². The molecule has 1 aliphatic heterocycles. The van der Waals surface area contributed by atoms with Gasteiger partial charge in [-0.25, -0.2) is 0 Å². The molecule has 4 heteroatoms. The van der Waals surface area contributed by atoms with E-state index in [1.54, 1.807) is 0 Å². The molecule has 6 unspecified atom stereocenters. The average Bonchev–Trinajstić information content (AvgIpc) is 3.44. The highest BCUT2D eigenvalue weighted by molar-refractivity contribution is 5.73. The fourth-order valence-corrected chi connectivity index (χ4v) is 9.12. The second kappa shape index (κ2) is 29.5. The van der Waals surface area contributed by atoms with Crippen LogP contribution in [-0.2, 0) is 19.1 Å². The van der Waals surface area contributed by atoms with E-state index in [9.17, 15) is 9.59 Å². The number of rotatable bonds is 34. The van der Waals surface area contributed by atoms with Crippen molar-refractivity contribution in [3.8, 4) is 0 Å². The molecule has 0 saturated carbocycles. The van der Waals surface area contributed by atoms with Crippen molar-refractivity contribution in [1.29, 1.82) is 0 Å². The van der Waals surface area contributed by atoms with E-state index in [2.05, 4.69) is 48.5 Å². The Morgan fingerprint density at radius 2 is 1.20 bits per heavy atom. The smallest absolute Gasteiger partial charge is 0.306 e. The fourth-order valence-electron chi connectivity index (χ4n) is 9.12. The van der Waals surface area contributed by atoms with Gasteiger partial charge >= 0.3 is 11.9 Å². The van der Waals surface area contributed by atoms with E-state index in [0.29, 0.717) is 43.1 Å². The zero-order chi connectivity index (χ0) is 36.2. The molecule has 0 aliphatic carbocycles. The monoisotopic (exact) mass is 691 g/mol. The maximum absolute atomic E-state index is 13.4. The molecule has 0 bridgehead atoms. The first kappa shape index (κ1) is 46.0. The molecule has 49 heavy (non-hydrogen) atoms. The number of ether oxygens (including phenoxy) is 2. The van der Waals surface area contributed by atoms with Gasteiger partial charge in [0.05, 0.1) is 13.0 Å². The number of hydrogen-bond acceptors (Lipinski definition) is 4. The Balaban J connectivity index is 3.08. The van der Waals surface area contributed by atoms with Crippen molar-refractivity contribution >= 4 is 11.9 Å². The second-order valence-corrected chi connectivity index (χ2v) is 16.2. The average molecular weight is 691 g/mol. The van der Waals surface area contributed by atoms with E-state index in [4.69, 9.17) is 9.47 Å². The molecule has 0 amide bonds. The predicted octanol–water partition coefficient (Wildman–Crippen LogP) is 14.4. The Morgan fingerprint density at radius 1 is 0.653 bits per heavy atom. The third-order valence-electron chi connectivity index (χ3n) is 12.4. The number of unbranched alkanes of at least 4 members (excludes halogenated alkanes) is 14.